The molecule has 0 spiro atoms. The number of Topliss-reactive ketones (excluding diaryl/α,β-unsaturated/α-hetero) is 1. The molecule has 0 aliphatic carbocycles. The van der Waals surface area contributed by atoms with Crippen LogP contribution in [0.1, 0.15) is 39.5 Å². The molecule has 0 saturated heterocycles. The van der Waals surface area contributed by atoms with Gasteiger partial charge in [-0.1, -0.05) is 35.9 Å². The van der Waals surface area contributed by atoms with Gasteiger partial charge in [-0.3, -0.25) is 4.79 Å². The Kier molecular flexibility index (Phi) is 6.96. The van der Waals surface area contributed by atoms with Gasteiger partial charge in [0.15, 0.2) is 23.0 Å². The fourth-order valence-corrected chi connectivity index (χ4v) is 3.60. The maximum absolute atomic E-state index is 12.4. The van der Waals surface area contributed by atoms with Gasteiger partial charge in [0.1, 0.15) is 12.4 Å². The van der Waals surface area contributed by atoms with Crippen LogP contribution >= 0.6 is 0 Å². The number of esters is 1. The van der Waals surface area contributed by atoms with E-state index in [1.165, 1.54) is 6.92 Å². The van der Waals surface area contributed by atoms with Crippen molar-refractivity contribution in [2.75, 3.05) is 14.2 Å². The van der Waals surface area contributed by atoms with E-state index >= 15 is 0 Å². The highest BCUT2D eigenvalue weighted by Crippen LogP contribution is 2.31. The third-order valence-electron chi connectivity index (χ3n) is 5.45. The molecule has 0 radical (unpaired) electrons. The van der Waals surface area contributed by atoms with E-state index in [4.69, 9.17) is 18.9 Å². The molecule has 7 nitrogen and oxygen atoms in total. The van der Waals surface area contributed by atoms with E-state index in [1.807, 2.05) is 31.2 Å². The number of carbonyl (C=O) groups excluding carboxylic acids is 2. The van der Waals surface area contributed by atoms with Gasteiger partial charge in [-0.05, 0) is 55.8 Å². The molecule has 0 unspecified atom stereocenters. The summed E-state index contributed by atoms with van der Waals surface area (Å²) in [6.07, 6.45) is 1.64. The Morgan fingerprint density at radius 3 is 2.49 bits per heavy atom. The van der Waals surface area contributed by atoms with Crippen LogP contribution in [0.15, 0.2) is 71.4 Å². The Balaban J connectivity index is 1.53. The van der Waals surface area contributed by atoms with Gasteiger partial charge in [0, 0.05) is 16.7 Å². The van der Waals surface area contributed by atoms with E-state index in [0.717, 1.165) is 16.7 Å². The molecule has 178 valence electrons. The van der Waals surface area contributed by atoms with Crippen molar-refractivity contribution in [1.82, 2.24) is 0 Å². The smallest absolute Gasteiger partial charge is 0.363 e. The minimum atomic E-state index is -0.512. The van der Waals surface area contributed by atoms with Crippen LogP contribution in [0.25, 0.3) is 6.08 Å². The largest absolute Gasteiger partial charge is 0.496 e. The van der Waals surface area contributed by atoms with E-state index in [2.05, 4.69) is 4.99 Å². The zero-order valence-electron chi connectivity index (χ0n) is 20.0. The first kappa shape index (κ1) is 23.8. The molecule has 35 heavy (non-hydrogen) atoms. The number of rotatable bonds is 8. The van der Waals surface area contributed by atoms with Crippen LogP contribution in [-0.4, -0.2) is 31.9 Å². The fraction of sp³-hybridized carbons (Fsp3) is 0.179. The van der Waals surface area contributed by atoms with Crippen molar-refractivity contribution in [3.05, 3.63) is 94.2 Å². The Labute approximate surface area is 203 Å². The first-order valence-corrected chi connectivity index (χ1v) is 11.0. The predicted octanol–water partition coefficient (Wildman–Crippen LogP) is 5.14. The Morgan fingerprint density at radius 2 is 1.77 bits per heavy atom. The molecule has 0 saturated carbocycles. The van der Waals surface area contributed by atoms with Crippen LogP contribution < -0.4 is 14.2 Å². The van der Waals surface area contributed by atoms with Gasteiger partial charge in [0.25, 0.3) is 0 Å². The Bertz CT molecular complexity index is 1360. The van der Waals surface area contributed by atoms with Crippen molar-refractivity contribution < 1.29 is 28.5 Å². The molecule has 7 heteroatoms. The van der Waals surface area contributed by atoms with Crippen molar-refractivity contribution in [3.8, 4) is 17.2 Å². The SMILES string of the molecule is COc1cc(C(C)=O)ccc1COc1ccc(/C=C2\N=C(c3cccc(C)c3)OC2=O)cc1OC. The molecule has 0 atom stereocenters. The molecule has 0 aromatic heterocycles. The molecule has 0 N–H and O–H groups in total. The Morgan fingerprint density at radius 1 is 0.971 bits per heavy atom. The third-order valence-corrected chi connectivity index (χ3v) is 5.45. The van der Waals surface area contributed by atoms with Gasteiger partial charge in [-0.2, -0.15) is 0 Å². The molecule has 0 amide bonds. The summed E-state index contributed by atoms with van der Waals surface area (Å²) >= 11 is 0. The summed E-state index contributed by atoms with van der Waals surface area (Å²) in [7, 11) is 3.09. The number of benzene rings is 3. The third kappa shape index (κ3) is 5.41. The van der Waals surface area contributed by atoms with Crippen LogP contribution in [0, 0.1) is 6.92 Å². The van der Waals surface area contributed by atoms with E-state index in [-0.39, 0.29) is 24.0 Å². The fourth-order valence-electron chi connectivity index (χ4n) is 3.60. The summed E-state index contributed by atoms with van der Waals surface area (Å²) in [6.45, 7) is 3.69. The second-order valence-corrected chi connectivity index (χ2v) is 7.99. The Hall–Kier alpha value is -4.39. The standard InChI is InChI=1S/C28H25NO6/c1-17-6-5-7-21(12-17)27-29-23(28(31)35-27)13-19-8-11-24(26(14-19)33-4)34-16-22-10-9-20(18(2)30)15-25(22)32-3/h5-15H,16H2,1-4H3/b23-13-. The topological polar surface area (TPSA) is 83.4 Å². The lowest BCUT2D eigenvalue weighted by atomic mass is 10.1. The number of ketones is 1. The average molecular weight is 472 g/mol. The summed E-state index contributed by atoms with van der Waals surface area (Å²) in [6, 6.07) is 18.2. The summed E-state index contributed by atoms with van der Waals surface area (Å²) in [5, 5.41) is 0. The number of nitrogens with zero attached hydrogens (tertiary/aromatic N) is 1. The van der Waals surface area contributed by atoms with Crippen LogP contribution in [0.3, 0.4) is 0 Å². The van der Waals surface area contributed by atoms with Gasteiger partial charge >= 0.3 is 5.97 Å². The van der Waals surface area contributed by atoms with Gasteiger partial charge in [0.05, 0.1) is 14.2 Å². The average Bonchev–Trinajstić information content (AvgIpc) is 3.22. The lowest BCUT2D eigenvalue weighted by molar-refractivity contribution is -0.129. The number of aryl methyl sites for hydroxylation is 1. The number of cyclic esters (lactones) is 1. The first-order chi connectivity index (χ1) is 16.9. The number of hydrogen-bond donors (Lipinski definition) is 0. The minimum Gasteiger partial charge on any atom is -0.496 e. The summed E-state index contributed by atoms with van der Waals surface area (Å²) in [4.78, 5) is 28.3. The summed E-state index contributed by atoms with van der Waals surface area (Å²) in [5.74, 6) is 1.31. The van der Waals surface area contributed by atoms with Crippen molar-refractivity contribution in [1.29, 1.82) is 0 Å². The molecule has 1 heterocycles. The van der Waals surface area contributed by atoms with Gasteiger partial charge < -0.3 is 18.9 Å². The van der Waals surface area contributed by atoms with E-state index in [0.29, 0.717) is 28.4 Å². The molecule has 3 aromatic carbocycles. The van der Waals surface area contributed by atoms with Crippen molar-refractivity contribution in [2.45, 2.75) is 20.5 Å². The van der Waals surface area contributed by atoms with Crippen molar-refractivity contribution >= 4 is 23.7 Å². The lowest BCUT2D eigenvalue weighted by Gasteiger charge is -2.14. The number of ether oxygens (including phenoxy) is 4. The lowest BCUT2D eigenvalue weighted by Crippen LogP contribution is -2.05. The molecular formula is C28H25NO6. The number of aliphatic imine (C=N–C) groups is 1. The van der Waals surface area contributed by atoms with Gasteiger partial charge in [0.2, 0.25) is 5.90 Å². The van der Waals surface area contributed by atoms with Gasteiger partial charge in [-0.25, -0.2) is 9.79 Å². The highest BCUT2D eigenvalue weighted by molar-refractivity contribution is 6.12. The quantitative estimate of drug-likeness (QED) is 0.257. The predicted molar refractivity (Wildman–Crippen MR) is 132 cm³/mol. The molecule has 0 bridgehead atoms. The highest BCUT2D eigenvalue weighted by Gasteiger charge is 2.24. The van der Waals surface area contributed by atoms with Crippen molar-refractivity contribution in [2.24, 2.45) is 4.99 Å². The normalized spacial score (nSPS) is 13.9. The molecule has 0 fully saturated rings. The summed E-state index contributed by atoms with van der Waals surface area (Å²) < 4.78 is 22.2. The second-order valence-electron chi connectivity index (χ2n) is 7.99. The number of hydrogen-bond acceptors (Lipinski definition) is 7. The summed E-state index contributed by atoms with van der Waals surface area (Å²) in [5.41, 5.74) is 4.06. The van der Waals surface area contributed by atoms with Crippen LogP contribution in [0.4, 0.5) is 0 Å². The second kappa shape index (κ2) is 10.3. The maximum Gasteiger partial charge on any atom is 0.363 e. The molecule has 4 rings (SSSR count). The van der Waals surface area contributed by atoms with E-state index in [1.54, 1.807) is 56.7 Å². The van der Waals surface area contributed by atoms with Crippen LogP contribution in [0.2, 0.25) is 0 Å². The monoisotopic (exact) mass is 471 g/mol. The number of methoxy groups -OCH3 is 2. The van der Waals surface area contributed by atoms with Crippen LogP contribution in [-0.2, 0) is 16.1 Å². The molecule has 1 aliphatic rings. The maximum atomic E-state index is 12.4. The molecule has 3 aromatic rings. The minimum absolute atomic E-state index is 0.0383. The zero-order chi connectivity index (χ0) is 24.9. The highest BCUT2D eigenvalue weighted by atomic mass is 16.6. The molecule has 1 aliphatic heterocycles. The van der Waals surface area contributed by atoms with Crippen molar-refractivity contribution in [3.63, 3.8) is 0 Å². The molecular weight excluding hydrogens is 446 g/mol. The number of carbonyl (C=O) groups is 2. The van der Waals surface area contributed by atoms with E-state index < -0.39 is 5.97 Å². The zero-order valence-corrected chi connectivity index (χ0v) is 20.0. The first-order valence-electron chi connectivity index (χ1n) is 11.0. The van der Waals surface area contributed by atoms with E-state index in [9.17, 15) is 9.59 Å². The van der Waals surface area contributed by atoms with Gasteiger partial charge in [-0.15, -0.1) is 0 Å². The van der Waals surface area contributed by atoms with Crippen LogP contribution in [0.5, 0.6) is 17.2 Å².